The summed E-state index contributed by atoms with van der Waals surface area (Å²) in [6.45, 7) is 2.66. The Morgan fingerprint density at radius 1 is 1.11 bits per heavy atom. The number of hydrogen-bond donors (Lipinski definition) is 1. The molecule has 0 aliphatic rings. The third-order valence-electron chi connectivity index (χ3n) is 2.54. The molecule has 2 aromatic heterocycles. The Balaban J connectivity index is 1.95. The Morgan fingerprint density at radius 3 is 2.61 bits per heavy atom. The van der Waals surface area contributed by atoms with Crippen molar-refractivity contribution in [2.45, 2.75) is 32.6 Å². The molecule has 2 heterocycles. The smallest absolute Gasteiger partial charge is 0.240 e. The number of nitrogens with zero attached hydrogens (tertiary/aromatic N) is 4. The lowest BCUT2D eigenvalue weighted by atomic mass is 10.2. The lowest BCUT2D eigenvalue weighted by Crippen LogP contribution is -1.98. The SMILES string of the molecule is Cc1cnc(-c2noc(CCCCCN)n2)nc1. The van der Waals surface area contributed by atoms with Crippen LogP contribution in [0.25, 0.3) is 11.6 Å². The van der Waals surface area contributed by atoms with Crippen molar-refractivity contribution in [3.63, 3.8) is 0 Å². The second-order valence-corrected chi connectivity index (χ2v) is 4.20. The van der Waals surface area contributed by atoms with E-state index in [-0.39, 0.29) is 0 Å². The molecule has 18 heavy (non-hydrogen) atoms. The van der Waals surface area contributed by atoms with Gasteiger partial charge in [-0.05, 0) is 31.9 Å². The number of aromatic nitrogens is 4. The van der Waals surface area contributed by atoms with Crippen molar-refractivity contribution in [1.29, 1.82) is 0 Å². The molecule has 0 aliphatic carbocycles. The highest BCUT2D eigenvalue weighted by Gasteiger charge is 2.10. The molecule has 96 valence electrons. The van der Waals surface area contributed by atoms with Crippen molar-refractivity contribution >= 4 is 0 Å². The lowest BCUT2D eigenvalue weighted by molar-refractivity contribution is 0.374. The van der Waals surface area contributed by atoms with Crippen LogP contribution in [-0.4, -0.2) is 26.7 Å². The fraction of sp³-hybridized carbons (Fsp3) is 0.500. The summed E-state index contributed by atoms with van der Waals surface area (Å²) in [6, 6.07) is 0. The van der Waals surface area contributed by atoms with Gasteiger partial charge in [-0.1, -0.05) is 11.6 Å². The summed E-state index contributed by atoms with van der Waals surface area (Å²) in [5.41, 5.74) is 6.44. The molecule has 2 rings (SSSR count). The van der Waals surface area contributed by atoms with Crippen LogP contribution in [0.4, 0.5) is 0 Å². The Morgan fingerprint density at radius 2 is 1.89 bits per heavy atom. The van der Waals surface area contributed by atoms with Gasteiger partial charge in [-0.3, -0.25) is 0 Å². The molecule has 6 heteroatoms. The van der Waals surface area contributed by atoms with Crippen LogP contribution < -0.4 is 5.73 Å². The summed E-state index contributed by atoms with van der Waals surface area (Å²) in [7, 11) is 0. The molecule has 0 aromatic carbocycles. The highest BCUT2D eigenvalue weighted by molar-refractivity contribution is 5.40. The first-order valence-corrected chi connectivity index (χ1v) is 6.11. The highest BCUT2D eigenvalue weighted by atomic mass is 16.5. The molecule has 0 atom stereocenters. The number of hydrogen-bond acceptors (Lipinski definition) is 6. The van der Waals surface area contributed by atoms with Crippen LogP contribution in [0.5, 0.6) is 0 Å². The average Bonchev–Trinajstić information content (AvgIpc) is 2.84. The highest BCUT2D eigenvalue weighted by Crippen LogP contribution is 2.11. The second kappa shape index (κ2) is 6.20. The molecule has 2 N–H and O–H groups in total. The first-order chi connectivity index (χ1) is 8.79. The summed E-state index contributed by atoms with van der Waals surface area (Å²) in [6.07, 6.45) is 7.36. The average molecular weight is 247 g/mol. The van der Waals surface area contributed by atoms with E-state index in [0.717, 1.165) is 37.8 Å². The van der Waals surface area contributed by atoms with E-state index in [2.05, 4.69) is 20.1 Å². The zero-order valence-electron chi connectivity index (χ0n) is 10.5. The second-order valence-electron chi connectivity index (χ2n) is 4.20. The maximum atomic E-state index is 5.43. The van der Waals surface area contributed by atoms with E-state index >= 15 is 0 Å². The van der Waals surface area contributed by atoms with E-state index in [0.29, 0.717) is 17.5 Å². The van der Waals surface area contributed by atoms with E-state index in [4.69, 9.17) is 10.3 Å². The summed E-state index contributed by atoms with van der Waals surface area (Å²) < 4.78 is 5.16. The van der Waals surface area contributed by atoms with Gasteiger partial charge >= 0.3 is 0 Å². The topological polar surface area (TPSA) is 90.7 Å². The quantitative estimate of drug-likeness (QED) is 0.778. The van der Waals surface area contributed by atoms with E-state index < -0.39 is 0 Å². The van der Waals surface area contributed by atoms with Crippen LogP contribution in [0.1, 0.15) is 30.7 Å². The van der Waals surface area contributed by atoms with E-state index in [9.17, 15) is 0 Å². The third-order valence-corrected chi connectivity index (χ3v) is 2.54. The molecule has 0 amide bonds. The molecule has 0 fully saturated rings. The standard InChI is InChI=1S/C12H17N5O/c1-9-7-14-11(15-8-9)12-16-10(18-17-12)5-3-2-4-6-13/h7-8H,2-6,13H2,1H3. The van der Waals surface area contributed by atoms with Crippen LogP contribution in [0, 0.1) is 6.92 Å². The van der Waals surface area contributed by atoms with Crippen LogP contribution in [0.2, 0.25) is 0 Å². The normalized spacial score (nSPS) is 10.8. The predicted molar refractivity (Wildman–Crippen MR) is 66.7 cm³/mol. The third kappa shape index (κ3) is 3.33. The fourth-order valence-corrected chi connectivity index (χ4v) is 1.55. The Bertz CT molecular complexity index is 479. The van der Waals surface area contributed by atoms with Gasteiger partial charge in [0.15, 0.2) is 0 Å². The Labute approximate surface area is 106 Å². The van der Waals surface area contributed by atoms with Crippen molar-refractivity contribution in [2.24, 2.45) is 5.73 Å². The first-order valence-electron chi connectivity index (χ1n) is 6.11. The van der Waals surface area contributed by atoms with E-state index in [1.165, 1.54) is 0 Å². The molecule has 0 bridgehead atoms. The molecular weight excluding hydrogens is 230 g/mol. The molecule has 0 aliphatic heterocycles. The molecule has 0 unspecified atom stereocenters. The van der Waals surface area contributed by atoms with Crippen molar-refractivity contribution in [1.82, 2.24) is 20.1 Å². The summed E-state index contributed by atoms with van der Waals surface area (Å²) in [5.74, 6) is 1.58. The van der Waals surface area contributed by atoms with Gasteiger partial charge in [0.1, 0.15) is 0 Å². The summed E-state index contributed by atoms with van der Waals surface area (Å²) in [4.78, 5) is 12.6. The van der Waals surface area contributed by atoms with Gasteiger partial charge in [0.05, 0.1) is 0 Å². The van der Waals surface area contributed by atoms with Crippen molar-refractivity contribution in [2.75, 3.05) is 6.54 Å². The number of rotatable bonds is 6. The monoisotopic (exact) mass is 247 g/mol. The maximum absolute atomic E-state index is 5.43. The van der Waals surface area contributed by atoms with Crippen molar-refractivity contribution in [3.8, 4) is 11.6 Å². The molecular formula is C12H17N5O. The zero-order chi connectivity index (χ0) is 12.8. The van der Waals surface area contributed by atoms with Gasteiger partial charge in [0.2, 0.25) is 17.5 Å². The Hall–Kier alpha value is -1.82. The minimum Gasteiger partial charge on any atom is -0.339 e. The van der Waals surface area contributed by atoms with Gasteiger partial charge in [-0.2, -0.15) is 4.98 Å². The van der Waals surface area contributed by atoms with E-state index in [1.807, 2.05) is 6.92 Å². The minimum absolute atomic E-state index is 0.448. The molecule has 6 nitrogen and oxygen atoms in total. The van der Waals surface area contributed by atoms with Crippen molar-refractivity contribution < 1.29 is 4.52 Å². The van der Waals surface area contributed by atoms with Crippen LogP contribution >= 0.6 is 0 Å². The molecule has 2 aromatic rings. The summed E-state index contributed by atoms with van der Waals surface area (Å²) in [5, 5.41) is 3.88. The van der Waals surface area contributed by atoms with Crippen LogP contribution in [0.15, 0.2) is 16.9 Å². The number of aryl methyl sites for hydroxylation is 2. The van der Waals surface area contributed by atoms with Gasteiger partial charge in [0, 0.05) is 18.8 Å². The first kappa shape index (κ1) is 12.6. The Kier molecular flexibility index (Phi) is 4.35. The maximum Gasteiger partial charge on any atom is 0.240 e. The van der Waals surface area contributed by atoms with Gasteiger partial charge in [-0.25, -0.2) is 9.97 Å². The van der Waals surface area contributed by atoms with E-state index in [1.54, 1.807) is 12.4 Å². The molecule has 0 saturated heterocycles. The van der Waals surface area contributed by atoms with Crippen LogP contribution in [0.3, 0.4) is 0 Å². The largest absolute Gasteiger partial charge is 0.339 e. The van der Waals surface area contributed by atoms with Gasteiger partial charge < -0.3 is 10.3 Å². The molecule has 0 saturated carbocycles. The fourth-order valence-electron chi connectivity index (χ4n) is 1.55. The number of nitrogens with two attached hydrogens (primary N) is 1. The van der Waals surface area contributed by atoms with Gasteiger partial charge in [-0.15, -0.1) is 0 Å². The summed E-state index contributed by atoms with van der Waals surface area (Å²) >= 11 is 0. The molecule has 0 spiro atoms. The van der Waals surface area contributed by atoms with Gasteiger partial charge in [0.25, 0.3) is 0 Å². The predicted octanol–water partition coefficient (Wildman–Crippen LogP) is 1.51. The molecule has 0 radical (unpaired) electrons. The lowest BCUT2D eigenvalue weighted by Gasteiger charge is -1.94. The minimum atomic E-state index is 0.448. The van der Waals surface area contributed by atoms with Crippen molar-refractivity contribution in [3.05, 3.63) is 23.8 Å². The van der Waals surface area contributed by atoms with Crippen LogP contribution in [-0.2, 0) is 6.42 Å². The zero-order valence-corrected chi connectivity index (χ0v) is 10.5. The number of unbranched alkanes of at least 4 members (excludes halogenated alkanes) is 2.